The molecule has 1 atom stereocenters. The van der Waals surface area contributed by atoms with Gasteiger partial charge in [0.15, 0.2) is 0 Å². The lowest BCUT2D eigenvalue weighted by Gasteiger charge is -2.08. The maximum atomic E-state index is 11.3. The van der Waals surface area contributed by atoms with Crippen LogP contribution in [0.4, 0.5) is 5.69 Å². The van der Waals surface area contributed by atoms with Crippen molar-refractivity contribution in [2.24, 2.45) is 5.73 Å². The van der Waals surface area contributed by atoms with Crippen LogP contribution in [-0.4, -0.2) is 24.9 Å². The number of carbonyl (C=O) groups is 2. The van der Waals surface area contributed by atoms with Crippen LogP contribution in [0.1, 0.15) is 17.3 Å². The first-order valence-corrected chi connectivity index (χ1v) is 4.93. The van der Waals surface area contributed by atoms with Crippen LogP contribution in [-0.2, 0) is 4.79 Å². The molecule has 0 fully saturated rings. The highest BCUT2D eigenvalue weighted by Crippen LogP contribution is 2.10. The molecule has 0 saturated heterocycles. The predicted octanol–water partition coefficient (Wildman–Crippen LogP) is 0.754. The van der Waals surface area contributed by atoms with Crippen molar-refractivity contribution in [3.05, 3.63) is 29.8 Å². The molecule has 0 aliphatic rings. The highest BCUT2D eigenvalue weighted by Gasteiger charge is 2.09. The van der Waals surface area contributed by atoms with Gasteiger partial charge >= 0.3 is 0 Å². The predicted molar refractivity (Wildman–Crippen MR) is 69.4 cm³/mol. The standard InChI is InChI=1S/C11H15N3O2.ClH/c1-7(12)10(15)14-9-5-3-4-8(6-9)11(16)13-2;/h3-7H,12H2,1-2H3,(H,13,16)(H,14,15);1H. The summed E-state index contributed by atoms with van der Waals surface area (Å²) in [5, 5.41) is 5.13. The molecule has 0 radical (unpaired) electrons. The zero-order valence-electron chi connectivity index (χ0n) is 9.69. The van der Waals surface area contributed by atoms with E-state index < -0.39 is 6.04 Å². The second kappa shape index (κ2) is 6.88. The number of rotatable bonds is 3. The number of carbonyl (C=O) groups excluding carboxylic acids is 2. The third kappa shape index (κ3) is 4.42. The highest BCUT2D eigenvalue weighted by molar-refractivity contribution is 5.98. The largest absolute Gasteiger partial charge is 0.355 e. The molecule has 0 aliphatic heterocycles. The Morgan fingerprint density at radius 2 is 2.00 bits per heavy atom. The summed E-state index contributed by atoms with van der Waals surface area (Å²) in [5.74, 6) is -0.481. The van der Waals surface area contributed by atoms with Gasteiger partial charge in [-0.2, -0.15) is 0 Å². The number of hydrogen-bond donors (Lipinski definition) is 3. The van der Waals surface area contributed by atoms with Crippen molar-refractivity contribution in [1.29, 1.82) is 0 Å². The second-order valence-corrected chi connectivity index (χ2v) is 3.44. The lowest BCUT2D eigenvalue weighted by atomic mass is 10.2. The van der Waals surface area contributed by atoms with Gasteiger partial charge in [0.25, 0.3) is 5.91 Å². The molecule has 0 spiro atoms. The average molecular weight is 258 g/mol. The Labute approximate surface area is 106 Å². The fourth-order valence-electron chi connectivity index (χ4n) is 1.14. The third-order valence-electron chi connectivity index (χ3n) is 2.03. The summed E-state index contributed by atoms with van der Waals surface area (Å²) >= 11 is 0. The van der Waals surface area contributed by atoms with Gasteiger partial charge in [-0.1, -0.05) is 6.07 Å². The summed E-state index contributed by atoms with van der Waals surface area (Å²) in [7, 11) is 1.55. The van der Waals surface area contributed by atoms with E-state index in [1.54, 1.807) is 38.2 Å². The molecule has 1 aromatic rings. The maximum Gasteiger partial charge on any atom is 0.251 e. The quantitative estimate of drug-likeness (QED) is 0.747. The Morgan fingerprint density at radius 1 is 1.35 bits per heavy atom. The highest BCUT2D eigenvalue weighted by atomic mass is 35.5. The molecule has 4 N–H and O–H groups in total. The van der Waals surface area contributed by atoms with Crippen LogP contribution in [0.5, 0.6) is 0 Å². The minimum atomic E-state index is -0.580. The van der Waals surface area contributed by atoms with Gasteiger partial charge in [0.1, 0.15) is 0 Å². The topological polar surface area (TPSA) is 84.2 Å². The molecule has 0 bridgehead atoms. The SMILES string of the molecule is CNC(=O)c1cccc(NC(=O)C(C)N)c1.Cl. The van der Waals surface area contributed by atoms with Crippen molar-refractivity contribution in [1.82, 2.24) is 5.32 Å². The van der Waals surface area contributed by atoms with E-state index in [4.69, 9.17) is 5.73 Å². The Bertz CT molecular complexity index is 407. The molecule has 2 amide bonds. The van der Waals surface area contributed by atoms with Crippen LogP contribution < -0.4 is 16.4 Å². The Balaban J connectivity index is 0.00000256. The number of nitrogens with one attached hydrogen (secondary N) is 2. The van der Waals surface area contributed by atoms with Crippen LogP contribution in [0.25, 0.3) is 0 Å². The van der Waals surface area contributed by atoms with Crippen molar-refractivity contribution >= 4 is 29.9 Å². The number of hydrogen-bond acceptors (Lipinski definition) is 3. The van der Waals surface area contributed by atoms with E-state index in [1.165, 1.54) is 0 Å². The second-order valence-electron chi connectivity index (χ2n) is 3.44. The Hall–Kier alpha value is -1.59. The van der Waals surface area contributed by atoms with Crippen LogP contribution in [0.15, 0.2) is 24.3 Å². The lowest BCUT2D eigenvalue weighted by molar-refractivity contribution is -0.117. The first-order valence-electron chi connectivity index (χ1n) is 4.93. The molecular weight excluding hydrogens is 242 g/mol. The van der Waals surface area contributed by atoms with E-state index in [2.05, 4.69) is 10.6 Å². The number of anilines is 1. The average Bonchev–Trinajstić information content (AvgIpc) is 2.28. The maximum absolute atomic E-state index is 11.3. The number of halogens is 1. The third-order valence-corrected chi connectivity index (χ3v) is 2.03. The van der Waals surface area contributed by atoms with Gasteiger partial charge in [0.2, 0.25) is 5.91 Å². The summed E-state index contributed by atoms with van der Waals surface area (Å²) in [6.07, 6.45) is 0. The summed E-state index contributed by atoms with van der Waals surface area (Å²) in [4.78, 5) is 22.7. The van der Waals surface area contributed by atoms with Gasteiger partial charge in [-0.05, 0) is 25.1 Å². The van der Waals surface area contributed by atoms with Gasteiger partial charge in [-0.15, -0.1) is 12.4 Å². The van der Waals surface area contributed by atoms with Gasteiger partial charge < -0.3 is 16.4 Å². The van der Waals surface area contributed by atoms with Gasteiger partial charge in [0, 0.05) is 18.3 Å². The Morgan fingerprint density at radius 3 is 2.53 bits per heavy atom. The first-order chi connectivity index (χ1) is 7.54. The summed E-state index contributed by atoms with van der Waals surface area (Å²) in [6, 6.07) is 6.08. The van der Waals surface area contributed by atoms with Crippen LogP contribution in [0.2, 0.25) is 0 Å². The molecule has 6 heteroatoms. The molecule has 0 heterocycles. The number of amides is 2. The monoisotopic (exact) mass is 257 g/mol. The van der Waals surface area contributed by atoms with Crippen LogP contribution in [0.3, 0.4) is 0 Å². The molecule has 0 saturated carbocycles. The molecule has 1 aromatic carbocycles. The molecule has 94 valence electrons. The van der Waals surface area contributed by atoms with Gasteiger partial charge in [-0.3, -0.25) is 9.59 Å². The summed E-state index contributed by atoms with van der Waals surface area (Å²) < 4.78 is 0. The minimum Gasteiger partial charge on any atom is -0.355 e. The molecule has 1 unspecified atom stereocenters. The Kier molecular flexibility index (Phi) is 6.23. The molecule has 0 aliphatic carbocycles. The van der Waals surface area contributed by atoms with E-state index in [0.29, 0.717) is 11.3 Å². The normalized spacial score (nSPS) is 11.0. The summed E-state index contributed by atoms with van der Waals surface area (Å²) in [5.41, 5.74) is 6.47. The van der Waals surface area contributed by atoms with Crippen LogP contribution >= 0.6 is 12.4 Å². The van der Waals surface area contributed by atoms with Crippen molar-refractivity contribution in [3.63, 3.8) is 0 Å². The van der Waals surface area contributed by atoms with Crippen molar-refractivity contribution in [2.75, 3.05) is 12.4 Å². The zero-order valence-corrected chi connectivity index (χ0v) is 10.5. The molecular formula is C11H16ClN3O2. The minimum absolute atomic E-state index is 0. The van der Waals surface area contributed by atoms with E-state index in [-0.39, 0.29) is 24.2 Å². The van der Waals surface area contributed by atoms with Crippen LogP contribution in [0, 0.1) is 0 Å². The first kappa shape index (κ1) is 15.4. The fraction of sp³-hybridized carbons (Fsp3) is 0.273. The molecule has 17 heavy (non-hydrogen) atoms. The summed E-state index contributed by atoms with van der Waals surface area (Å²) in [6.45, 7) is 1.60. The van der Waals surface area contributed by atoms with E-state index >= 15 is 0 Å². The van der Waals surface area contributed by atoms with Crippen molar-refractivity contribution in [3.8, 4) is 0 Å². The zero-order chi connectivity index (χ0) is 12.1. The van der Waals surface area contributed by atoms with Gasteiger partial charge in [0.05, 0.1) is 6.04 Å². The fourth-order valence-corrected chi connectivity index (χ4v) is 1.14. The number of benzene rings is 1. The van der Waals surface area contributed by atoms with Crippen molar-refractivity contribution < 1.29 is 9.59 Å². The van der Waals surface area contributed by atoms with E-state index in [9.17, 15) is 9.59 Å². The lowest BCUT2D eigenvalue weighted by Crippen LogP contribution is -2.32. The molecule has 5 nitrogen and oxygen atoms in total. The molecule has 1 rings (SSSR count). The smallest absolute Gasteiger partial charge is 0.251 e. The number of nitrogens with two attached hydrogens (primary N) is 1. The van der Waals surface area contributed by atoms with E-state index in [1.807, 2.05) is 0 Å². The van der Waals surface area contributed by atoms with E-state index in [0.717, 1.165) is 0 Å². The molecule has 0 aromatic heterocycles. The van der Waals surface area contributed by atoms with Gasteiger partial charge in [-0.25, -0.2) is 0 Å². The van der Waals surface area contributed by atoms with Crippen molar-refractivity contribution in [2.45, 2.75) is 13.0 Å².